The fraction of sp³-hybridized carbons (Fsp3) is 0.214. The van der Waals surface area contributed by atoms with Crippen molar-refractivity contribution < 1.29 is 19.0 Å². The first-order chi connectivity index (χ1) is 16.8. The molecule has 35 heavy (non-hydrogen) atoms. The molecule has 0 aliphatic carbocycles. The minimum absolute atomic E-state index is 0.190. The van der Waals surface area contributed by atoms with Gasteiger partial charge < -0.3 is 14.2 Å². The molecule has 1 aliphatic rings. The largest absolute Gasteiger partial charge is 0.490 e. The lowest BCUT2D eigenvalue weighted by Crippen LogP contribution is -2.05. The normalized spacial score (nSPS) is 14.3. The highest BCUT2D eigenvalue weighted by Gasteiger charge is 2.24. The summed E-state index contributed by atoms with van der Waals surface area (Å²) >= 11 is 9.98. The van der Waals surface area contributed by atoms with E-state index in [1.165, 1.54) is 5.56 Å². The van der Waals surface area contributed by atoms with E-state index in [0.29, 0.717) is 41.2 Å². The maximum Gasteiger partial charge on any atom is 0.363 e. The van der Waals surface area contributed by atoms with Crippen LogP contribution in [0, 0.1) is 0 Å². The molecule has 0 saturated carbocycles. The zero-order valence-corrected chi connectivity index (χ0v) is 22.0. The van der Waals surface area contributed by atoms with Gasteiger partial charge in [-0.15, -0.1) is 0 Å². The lowest BCUT2D eigenvalue weighted by atomic mass is 10.0. The predicted molar refractivity (Wildman–Crippen MR) is 142 cm³/mol. The first kappa shape index (κ1) is 25.0. The van der Waals surface area contributed by atoms with Gasteiger partial charge in [-0.25, -0.2) is 9.79 Å². The van der Waals surface area contributed by atoms with Crippen molar-refractivity contribution >= 4 is 45.5 Å². The molecule has 0 bridgehead atoms. The summed E-state index contributed by atoms with van der Waals surface area (Å²) < 4.78 is 18.2. The number of rotatable bonds is 8. The van der Waals surface area contributed by atoms with E-state index in [-0.39, 0.29) is 11.6 Å². The Balaban J connectivity index is 1.58. The standard InChI is InChI=1S/C28H25BrClNO4/c1-4-33-25-15-19(13-23(30)26(25)34-16-18-5-11-22(29)12-6-18)14-24-28(32)35-27(31-24)21-9-7-20(8-10-21)17(2)3/h5-15,17H,4,16H2,1-3H3/b24-14-. The smallest absolute Gasteiger partial charge is 0.363 e. The van der Waals surface area contributed by atoms with Crippen LogP contribution in [0.3, 0.4) is 0 Å². The maximum atomic E-state index is 12.5. The number of halogens is 2. The van der Waals surface area contributed by atoms with Gasteiger partial charge in [0.05, 0.1) is 11.6 Å². The SMILES string of the molecule is CCOc1cc(/C=C2\N=C(c3ccc(C(C)C)cc3)OC2=O)cc(Cl)c1OCc1ccc(Br)cc1. The number of cyclic esters (lactones) is 1. The minimum atomic E-state index is -0.516. The second-order valence-electron chi connectivity index (χ2n) is 8.29. The van der Waals surface area contributed by atoms with E-state index in [9.17, 15) is 4.79 Å². The van der Waals surface area contributed by atoms with E-state index in [1.54, 1.807) is 18.2 Å². The van der Waals surface area contributed by atoms with E-state index >= 15 is 0 Å². The van der Waals surface area contributed by atoms with Crippen molar-refractivity contribution in [3.63, 3.8) is 0 Å². The van der Waals surface area contributed by atoms with E-state index < -0.39 is 5.97 Å². The third-order valence-electron chi connectivity index (χ3n) is 5.38. The van der Waals surface area contributed by atoms with Crippen LogP contribution in [0.4, 0.5) is 0 Å². The van der Waals surface area contributed by atoms with Gasteiger partial charge in [-0.1, -0.05) is 65.6 Å². The molecule has 0 radical (unpaired) electrons. The van der Waals surface area contributed by atoms with Crippen molar-refractivity contribution in [3.05, 3.63) is 98.1 Å². The number of esters is 1. The lowest BCUT2D eigenvalue weighted by molar-refractivity contribution is -0.129. The molecule has 5 nitrogen and oxygen atoms in total. The Morgan fingerprint density at radius 3 is 2.43 bits per heavy atom. The molecule has 0 spiro atoms. The number of aliphatic imine (C=N–C) groups is 1. The summed E-state index contributed by atoms with van der Waals surface area (Å²) in [5, 5.41) is 0.375. The molecular weight excluding hydrogens is 530 g/mol. The van der Waals surface area contributed by atoms with Crippen LogP contribution >= 0.6 is 27.5 Å². The van der Waals surface area contributed by atoms with Crippen LogP contribution in [0.2, 0.25) is 5.02 Å². The highest BCUT2D eigenvalue weighted by atomic mass is 79.9. The summed E-state index contributed by atoms with van der Waals surface area (Å²) in [6, 6.07) is 19.2. The summed E-state index contributed by atoms with van der Waals surface area (Å²) in [6.45, 7) is 6.90. The third-order valence-corrected chi connectivity index (χ3v) is 6.19. The molecular formula is C28H25BrClNO4. The van der Waals surface area contributed by atoms with Crippen molar-refractivity contribution in [1.29, 1.82) is 0 Å². The molecule has 0 unspecified atom stereocenters. The molecule has 0 aromatic heterocycles. The van der Waals surface area contributed by atoms with Gasteiger partial charge in [0.25, 0.3) is 0 Å². The number of carbonyl (C=O) groups excluding carboxylic acids is 1. The van der Waals surface area contributed by atoms with Crippen LogP contribution in [0.1, 0.15) is 48.9 Å². The van der Waals surface area contributed by atoms with Crippen molar-refractivity contribution in [2.45, 2.75) is 33.3 Å². The molecule has 0 saturated heterocycles. The van der Waals surface area contributed by atoms with Crippen molar-refractivity contribution in [1.82, 2.24) is 0 Å². The number of nitrogens with zero attached hydrogens (tertiary/aromatic N) is 1. The van der Waals surface area contributed by atoms with Gasteiger partial charge >= 0.3 is 5.97 Å². The average molecular weight is 555 g/mol. The molecule has 0 atom stereocenters. The summed E-state index contributed by atoms with van der Waals surface area (Å²) in [5.41, 5.74) is 3.79. The van der Waals surface area contributed by atoms with Gasteiger partial charge in [0.15, 0.2) is 17.2 Å². The Hall–Kier alpha value is -3.09. The van der Waals surface area contributed by atoms with Crippen LogP contribution in [0.25, 0.3) is 6.08 Å². The first-order valence-corrected chi connectivity index (χ1v) is 12.5. The molecule has 3 aromatic rings. The van der Waals surface area contributed by atoms with Crippen LogP contribution < -0.4 is 9.47 Å². The van der Waals surface area contributed by atoms with Crippen molar-refractivity contribution in [2.75, 3.05) is 6.61 Å². The summed E-state index contributed by atoms with van der Waals surface area (Å²) in [5.74, 6) is 1.12. The van der Waals surface area contributed by atoms with Crippen LogP contribution in [0.5, 0.6) is 11.5 Å². The fourth-order valence-corrected chi connectivity index (χ4v) is 4.05. The Morgan fingerprint density at radius 2 is 1.77 bits per heavy atom. The summed E-state index contributed by atoms with van der Waals surface area (Å²) in [4.78, 5) is 16.9. The Bertz CT molecular complexity index is 1280. The summed E-state index contributed by atoms with van der Waals surface area (Å²) in [7, 11) is 0. The maximum absolute atomic E-state index is 12.5. The molecule has 4 rings (SSSR count). The second kappa shape index (κ2) is 11.1. The van der Waals surface area contributed by atoms with Gasteiger partial charge in [-0.3, -0.25) is 0 Å². The first-order valence-electron chi connectivity index (χ1n) is 11.3. The van der Waals surface area contributed by atoms with Gasteiger partial charge in [0.1, 0.15) is 6.61 Å². The van der Waals surface area contributed by atoms with Crippen LogP contribution in [-0.4, -0.2) is 18.5 Å². The van der Waals surface area contributed by atoms with Gasteiger partial charge in [0, 0.05) is 10.0 Å². The zero-order valence-electron chi connectivity index (χ0n) is 19.7. The molecule has 1 aliphatic heterocycles. The third kappa shape index (κ3) is 6.13. The van der Waals surface area contributed by atoms with Crippen molar-refractivity contribution in [2.24, 2.45) is 4.99 Å². The van der Waals surface area contributed by atoms with E-state index in [4.69, 9.17) is 25.8 Å². The Morgan fingerprint density at radius 1 is 1.06 bits per heavy atom. The number of carbonyl (C=O) groups is 1. The van der Waals surface area contributed by atoms with Gasteiger partial charge in [0.2, 0.25) is 5.90 Å². The molecule has 1 heterocycles. The topological polar surface area (TPSA) is 57.1 Å². The van der Waals surface area contributed by atoms with E-state index in [2.05, 4.69) is 34.8 Å². The molecule has 0 N–H and O–H groups in total. The molecule has 7 heteroatoms. The second-order valence-corrected chi connectivity index (χ2v) is 9.61. The quantitative estimate of drug-likeness (QED) is 0.213. The lowest BCUT2D eigenvalue weighted by Gasteiger charge is -2.14. The molecule has 0 amide bonds. The average Bonchev–Trinajstić information content (AvgIpc) is 3.20. The van der Waals surface area contributed by atoms with Crippen LogP contribution in [0.15, 0.2) is 75.8 Å². The number of benzene rings is 3. The van der Waals surface area contributed by atoms with Crippen molar-refractivity contribution in [3.8, 4) is 11.5 Å². The Labute approximate surface area is 218 Å². The predicted octanol–water partition coefficient (Wildman–Crippen LogP) is 7.55. The van der Waals surface area contributed by atoms with E-state index in [1.807, 2.05) is 55.5 Å². The fourth-order valence-electron chi connectivity index (χ4n) is 3.51. The highest BCUT2D eigenvalue weighted by Crippen LogP contribution is 2.38. The van der Waals surface area contributed by atoms with Gasteiger partial charge in [-0.2, -0.15) is 0 Å². The molecule has 0 fully saturated rings. The molecule has 3 aromatic carbocycles. The summed E-state index contributed by atoms with van der Waals surface area (Å²) in [6.07, 6.45) is 1.63. The number of hydrogen-bond donors (Lipinski definition) is 0. The number of hydrogen-bond acceptors (Lipinski definition) is 5. The van der Waals surface area contributed by atoms with Crippen LogP contribution in [-0.2, 0) is 16.1 Å². The Kier molecular flexibility index (Phi) is 7.93. The van der Waals surface area contributed by atoms with E-state index in [0.717, 1.165) is 15.6 Å². The molecule has 180 valence electrons. The number of ether oxygens (including phenoxy) is 3. The zero-order chi connectivity index (χ0) is 24.9. The minimum Gasteiger partial charge on any atom is -0.490 e. The monoisotopic (exact) mass is 553 g/mol. The highest BCUT2D eigenvalue weighted by molar-refractivity contribution is 9.10. The van der Waals surface area contributed by atoms with Gasteiger partial charge in [-0.05, 0) is 72.0 Å².